The topological polar surface area (TPSA) is 30.7 Å². The predicted molar refractivity (Wildman–Crippen MR) is 209 cm³/mol. The van der Waals surface area contributed by atoms with Gasteiger partial charge in [-0.1, -0.05) is 135 Å². The summed E-state index contributed by atoms with van der Waals surface area (Å²) in [6, 6.07) is 46.6. The standard InChI is InChI=1S/C47H33N3/c1-47(2)40-20-9-7-17-33(40)35-24-23-30-26-39-34-18-8-10-21-41(34)50(42(39)27-38(30)43(35)47)46-48-44-32-16-6-4-13-29(32)22-25-37(44)45(49-46)36-19-11-14-28-12-3-5-15-31(28)36/h3-7,9,11-27H,8,10H2,1-2H3. The van der Waals surface area contributed by atoms with E-state index in [1.54, 1.807) is 0 Å². The first-order valence-electron chi connectivity index (χ1n) is 17.7. The van der Waals surface area contributed by atoms with E-state index in [1.807, 2.05) is 0 Å². The molecule has 11 rings (SSSR count). The van der Waals surface area contributed by atoms with Gasteiger partial charge in [0.25, 0.3) is 0 Å². The van der Waals surface area contributed by atoms with Crippen molar-refractivity contribution in [2.75, 3.05) is 0 Å². The SMILES string of the molecule is CC1(C)c2ccccc2-c2ccc3cc4c5c(n(-c6nc(-c7cccc8ccccc78)c7ccc8ccccc8c7n6)c4cc3c21)=CCCC=5. The number of rotatable bonds is 2. The summed E-state index contributed by atoms with van der Waals surface area (Å²) in [5.74, 6) is 0.712. The Morgan fingerprint density at radius 1 is 0.540 bits per heavy atom. The van der Waals surface area contributed by atoms with E-state index >= 15 is 0 Å². The highest BCUT2D eigenvalue weighted by Crippen LogP contribution is 2.51. The Balaban J connectivity index is 1.29. The Kier molecular flexibility index (Phi) is 5.57. The zero-order valence-corrected chi connectivity index (χ0v) is 28.0. The lowest BCUT2D eigenvalue weighted by molar-refractivity contribution is 0.666. The quantitative estimate of drug-likeness (QED) is 0.176. The molecule has 7 aromatic carbocycles. The van der Waals surface area contributed by atoms with Gasteiger partial charge in [-0.15, -0.1) is 0 Å². The van der Waals surface area contributed by atoms with Crippen LogP contribution in [0.3, 0.4) is 0 Å². The summed E-state index contributed by atoms with van der Waals surface area (Å²) >= 11 is 0. The summed E-state index contributed by atoms with van der Waals surface area (Å²) in [6.07, 6.45) is 6.82. The Morgan fingerprint density at radius 3 is 2.16 bits per heavy atom. The van der Waals surface area contributed by atoms with E-state index in [-0.39, 0.29) is 5.41 Å². The number of benzene rings is 7. The molecule has 0 amide bonds. The van der Waals surface area contributed by atoms with Crippen molar-refractivity contribution in [3.05, 3.63) is 149 Å². The molecule has 236 valence electrons. The van der Waals surface area contributed by atoms with Gasteiger partial charge in [-0.05, 0) is 80.2 Å². The third-order valence-corrected chi connectivity index (χ3v) is 11.4. The van der Waals surface area contributed by atoms with E-state index in [1.165, 1.54) is 65.1 Å². The molecule has 0 aliphatic heterocycles. The van der Waals surface area contributed by atoms with Crippen molar-refractivity contribution in [2.45, 2.75) is 32.1 Å². The van der Waals surface area contributed by atoms with Crippen molar-refractivity contribution in [2.24, 2.45) is 0 Å². The largest absolute Gasteiger partial charge is 0.278 e. The Hall–Kier alpha value is -6.06. The number of hydrogen-bond donors (Lipinski definition) is 0. The maximum Gasteiger partial charge on any atom is 0.235 e. The van der Waals surface area contributed by atoms with Crippen LogP contribution in [0.25, 0.3) is 94.6 Å². The van der Waals surface area contributed by atoms with Crippen LogP contribution in [0.15, 0.2) is 127 Å². The van der Waals surface area contributed by atoms with Gasteiger partial charge < -0.3 is 0 Å². The van der Waals surface area contributed by atoms with Gasteiger partial charge in [0.2, 0.25) is 5.95 Å². The molecule has 2 heterocycles. The first-order chi connectivity index (χ1) is 24.6. The number of hydrogen-bond acceptors (Lipinski definition) is 2. The fourth-order valence-electron chi connectivity index (χ4n) is 9.11. The maximum atomic E-state index is 5.56. The van der Waals surface area contributed by atoms with Crippen molar-refractivity contribution >= 4 is 66.3 Å². The predicted octanol–water partition coefficient (Wildman–Crippen LogP) is 10.4. The summed E-state index contributed by atoms with van der Waals surface area (Å²) in [4.78, 5) is 11.1. The number of aromatic nitrogens is 3. The molecular weight excluding hydrogens is 607 g/mol. The van der Waals surface area contributed by atoms with Gasteiger partial charge >= 0.3 is 0 Å². The zero-order valence-electron chi connectivity index (χ0n) is 28.0. The zero-order chi connectivity index (χ0) is 33.1. The minimum absolute atomic E-state index is 0.117. The molecule has 0 radical (unpaired) electrons. The molecule has 50 heavy (non-hydrogen) atoms. The van der Waals surface area contributed by atoms with Crippen molar-refractivity contribution in [3.8, 4) is 28.3 Å². The fourth-order valence-corrected chi connectivity index (χ4v) is 9.11. The number of nitrogens with zero attached hydrogens (tertiary/aromatic N) is 3. The minimum atomic E-state index is -0.117. The number of fused-ring (bicyclic) bond motifs is 12. The molecule has 0 unspecified atom stereocenters. The monoisotopic (exact) mass is 639 g/mol. The molecule has 0 saturated heterocycles. The highest BCUT2D eigenvalue weighted by molar-refractivity contribution is 6.12. The third-order valence-electron chi connectivity index (χ3n) is 11.4. The molecular formula is C47H33N3. The minimum Gasteiger partial charge on any atom is -0.278 e. The summed E-state index contributed by atoms with van der Waals surface area (Å²) in [5.41, 5.74) is 9.57. The molecule has 0 spiro atoms. The van der Waals surface area contributed by atoms with Crippen LogP contribution in [0, 0.1) is 0 Å². The Labute approximate surface area is 289 Å². The molecule has 0 N–H and O–H groups in total. The van der Waals surface area contributed by atoms with Crippen LogP contribution in [-0.4, -0.2) is 14.5 Å². The molecule has 3 heteroatoms. The van der Waals surface area contributed by atoms with Gasteiger partial charge in [-0.2, -0.15) is 0 Å². The second kappa shape index (κ2) is 9.99. The van der Waals surface area contributed by atoms with E-state index in [0.717, 1.165) is 45.9 Å². The van der Waals surface area contributed by atoms with E-state index < -0.39 is 0 Å². The summed E-state index contributed by atoms with van der Waals surface area (Å²) in [5, 5.41) is 12.1. The van der Waals surface area contributed by atoms with Crippen molar-refractivity contribution in [3.63, 3.8) is 0 Å². The van der Waals surface area contributed by atoms with Gasteiger partial charge in [-0.3, -0.25) is 4.57 Å². The molecule has 0 saturated carbocycles. The average molecular weight is 640 g/mol. The molecule has 0 atom stereocenters. The van der Waals surface area contributed by atoms with Crippen LogP contribution in [0.5, 0.6) is 0 Å². The Morgan fingerprint density at radius 2 is 1.26 bits per heavy atom. The first-order valence-corrected chi connectivity index (χ1v) is 17.7. The van der Waals surface area contributed by atoms with Crippen LogP contribution in [-0.2, 0) is 5.41 Å². The van der Waals surface area contributed by atoms with Crippen LogP contribution in [0.1, 0.15) is 37.8 Å². The van der Waals surface area contributed by atoms with E-state index in [2.05, 4.69) is 158 Å². The van der Waals surface area contributed by atoms with E-state index in [4.69, 9.17) is 9.97 Å². The second-order valence-electron chi connectivity index (χ2n) is 14.5. The summed E-state index contributed by atoms with van der Waals surface area (Å²) < 4.78 is 2.35. The van der Waals surface area contributed by atoms with Gasteiger partial charge in [0.1, 0.15) is 0 Å². The third kappa shape index (κ3) is 3.69. The van der Waals surface area contributed by atoms with Crippen LogP contribution in [0.4, 0.5) is 0 Å². The van der Waals surface area contributed by atoms with Crippen molar-refractivity contribution in [1.29, 1.82) is 0 Å². The van der Waals surface area contributed by atoms with Crippen LogP contribution in [0.2, 0.25) is 0 Å². The summed E-state index contributed by atoms with van der Waals surface area (Å²) in [6.45, 7) is 4.75. The van der Waals surface area contributed by atoms with Crippen LogP contribution >= 0.6 is 0 Å². The highest BCUT2D eigenvalue weighted by atomic mass is 15.2. The second-order valence-corrected chi connectivity index (χ2v) is 14.5. The lowest BCUT2D eigenvalue weighted by atomic mass is 9.80. The van der Waals surface area contributed by atoms with Crippen LogP contribution < -0.4 is 10.6 Å². The maximum absolute atomic E-state index is 5.56. The van der Waals surface area contributed by atoms with Gasteiger partial charge in [0.15, 0.2) is 0 Å². The molecule has 2 aromatic heterocycles. The Bertz CT molecular complexity index is 3070. The fraction of sp³-hybridized carbons (Fsp3) is 0.106. The van der Waals surface area contributed by atoms with Gasteiger partial charge in [0, 0.05) is 32.4 Å². The average Bonchev–Trinajstić information content (AvgIpc) is 3.61. The lowest BCUT2D eigenvalue weighted by Gasteiger charge is -2.23. The van der Waals surface area contributed by atoms with Crippen molar-refractivity contribution < 1.29 is 0 Å². The smallest absolute Gasteiger partial charge is 0.235 e. The summed E-state index contributed by atoms with van der Waals surface area (Å²) in [7, 11) is 0. The highest BCUT2D eigenvalue weighted by Gasteiger charge is 2.36. The van der Waals surface area contributed by atoms with Gasteiger partial charge in [-0.25, -0.2) is 9.97 Å². The molecule has 0 bridgehead atoms. The molecule has 9 aromatic rings. The van der Waals surface area contributed by atoms with E-state index in [0.29, 0.717) is 5.95 Å². The lowest BCUT2D eigenvalue weighted by Crippen LogP contribution is -2.31. The normalized spacial score (nSPS) is 14.5. The van der Waals surface area contributed by atoms with E-state index in [9.17, 15) is 0 Å². The molecule has 3 nitrogen and oxygen atoms in total. The molecule has 0 fully saturated rings. The van der Waals surface area contributed by atoms with Gasteiger partial charge in [0.05, 0.1) is 22.1 Å². The molecule has 2 aliphatic rings. The molecule has 2 aliphatic carbocycles. The first kappa shape index (κ1) is 27.8. The van der Waals surface area contributed by atoms with Crippen molar-refractivity contribution in [1.82, 2.24) is 14.5 Å².